The average molecular weight is 290 g/mol. The van der Waals surface area contributed by atoms with Crippen molar-refractivity contribution in [2.75, 3.05) is 7.05 Å². The van der Waals surface area contributed by atoms with Gasteiger partial charge >= 0.3 is 0 Å². The molecule has 1 atom stereocenters. The van der Waals surface area contributed by atoms with Crippen LogP contribution in [0.5, 0.6) is 0 Å². The largest absolute Gasteiger partial charge is 0.335 e. The minimum absolute atomic E-state index is 0.116. The van der Waals surface area contributed by atoms with E-state index in [4.69, 9.17) is 0 Å². The van der Waals surface area contributed by atoms with E-state index in [1.54, 1.807) is 35.7 Å². The van der Waals surface area contributed by atoms with Crippen LogP contribution in [0.3, 0.4) is 0 Å². The lowest BCUT2D eigenvalue weighted by atomic mass is 10.1. The fourth-order valence-electron chi connectivity index (χ4n) is 1.73. The van der Waals surface area contributed by atoms with E-state index in [2.05, 4.69) is 4.98 Å². The zero-order valence-electron chi connectivity index (χ0n) is 11.3. The van der Waals surface area contributed by atoms with E-state index in [1.807, 2.05) is 12.3 Å². The summed E-state index contributed by atoms with van der Waals surface area (Å²) in [5.41, 5.74) is 3.38. The summed E-state index contributed by atoms with van der Waals surface area (Å²) in [7, 11) is 1.72. The zero-order chi connectivity index (χ0) is 14.5. The van der Waals surface area contributed by atoms with Crippen molar-refractivity contribution in [3.63, 3.8) is 0 Å². The van der Waals surface area contributed by atoms with Crippen molar-refractivity contribution >= 4 is 23.3 Å². The summed E-state index contributed by atoms with van der Waals surface area (Å²) >= 11 is 1.48. The van der Waals surface area contributed by atoms with Gasteiger partial charge in [-0.25, -0.2) is 9.37 Å². The highest BCUT2D eigenvalue weighted by molar-refractivity contribution is 7.07. The molecule has 0 bridgehead atoms. The highest BCUT2D eigenvalue weighted by Crippen LogP contribution is 2.19. The van der Waals surface area contributed by atoms with Crippen molar-refractivity contribution in [3.05, 3.63) is 58.3 Å². The molecule has 5 heteroatoms. The van der Waals surface area contributed by atoms with Gasteiger partial charge in [0.2, 0.25) is 5.91 Å². The first-order chi connectivity index (χ1) is 9.58. The zero-order valence-corrected chi connectivity index (χ0v) is 12.1. The third-order valence-electron chi connectivity index (χ3n) is 3.13. The minimum atomic E-state index is -0.279. The second kappa shape index (κ2) is 6.43. The van der Waals surface area contributed by atoms with Crippen molar-refractivity contribution < 1.29 is 9.18 Å². The Labute approximate surface area is 121 Å². The Kier molecular flexibility index (Phi) is 4.63. The fourth-order valence-corrected chi connectivity index (χ4v) is 2.26. The lowest BCUT2D eigenvalue weighted by Gasteiger charge is -2.24. The smallest absolute Gasteiger partial charge is 0.246 e. The number of hydrogen-bond acceptors (Lipinski definition) is 3. The Balaban J connectivity index is 2.04. The van der Waals surface area contributed by atoms with Gasteiger partial charge in [0, 0.05) is 18.5 Å². The average Bonchev–Trinajstić information content (AvgIpc) is 2.97. The number of nitrogens with zero attached hydrogens (tertiary/aromatic N) is 2. The molecule has 0 aliphatic rings. The van der Waals surface area contributed by atoms with Gasteiger partial charge in [0.05, 0.1) is 17.2 Å². The molecular formula is C15H15FN2OS. The van der Waals surface area contributed by atoms with Crippen LogP contribution in [0.1, 0.15) is 24.2 Å². The van der Waals surface area contributed by atoms with Crippen molar-refractivity contribution in [1.82, 2.24) is 9.88 Å². The normalized spacial score (nSPS) is 12.6. The first-order valence-electron chi connectivity index (χ1n) is 6.16. The second-order valence-corrected chi connectivity index (χ2v) is 5.14. The third kappa shape index (κ3) is 3.51. The summed E-state index contributed by atoms with van der Waals surface area (Å²) < 4.78 is 12.9. The van der Waals surface area contributed by atoms with Crippen LogP contribution in [0.25, 0.3) is 6.08 Å². The summed E-state index contributed by atoms with van der Waals surface area (Å²) in [6.45, 7) is 1.90. The van der Waals surface area contributed by atoms with Gasteiger partial charge in [-0.2, -0.15) is 0 Å². The number of carbonyl (C=O) groups is 1. The van der Waals surface area contributed by atoms with Crippen LogP contribution in [-0.2, 0) is 4.79 Å². The number of benzene rings is 1. The molecule has 1 amide bonds. The SMILES string of the molecule is CC(c1ccc(F)cc1)N(C)C(=O)C=Cc1cscn1. The van der Waals surface area contributed by atoms with E-state index >= 15 is 0 Å². The fraction of sp³-hybridized carbons (Fsp3) is 0.200. The first kappa shape index (κ1) is 14.4. The van der Waals surface area contributed by atoms with Crippen LogP contribution >= 0.6 is 11.3 Å². The lowest BCUT2D eigenvalue weighted by molar-refractivity contribution is -0.126. The molecule has 1 unspecified atom stereocenters. The molecule has 0 saturated carbocycles. The van der Waals surface area contributed by atoms with Gasteiger partial charge in [0.1, 0.15) is 5.82 Å². The van der Waals surface area contributed by atoms with Gasteiger partial charge in [-0.1, -0.05) is 12.1 Å². The number of carbonyl (C=O) groups excluding carboxylic acids is 1. The molecule has 1 aromatic carbocycles. The highest BCUT2D eigenvalue weighted by atomic mass is 32.1. The highest BCUT2D eigenvalue weighted by Gasteiger charge is 2.15. The molecule has 20 heavy (non-hydrogen) atoms. The Morgan fingerprint density at radius 3 is 2.70 bits per heavy atom. The minimum Gasteiger partial charge on any atom is -0.335 e. The Hall–Kier alpha value is -2.01. The van der Waals surface area contributed by atoms with E-state index in [0.29, 0.717) is 0 Å². The quantitative estimate of drug-likeness (QED) is 0.807. The Morgan fingerprint density at radius 2 is 2.10 bits per heavy atom. The third-order valence-corrected chi connectivity index (χ3v) is 3.73. The van der Waals surface area contributed by atoms with Crippen LogP contribution in [0.15, 0.2) is 41.2 Å². The molecule has 2 rings (SSSR count). The number of rotatable bonds is 4. The number of halogens is 1. The topological polar surface area (TPSA) is 33.2 Å². The molecule has 0 aliphatic heterocycles. The summed E-state index contributed by atoms with van der Waals surface area (Å²) in [4.78, 5) is 17.7. The molecule has 0 aliphatic carbocycles. The van der Waals surface area contributed by atoms with Gasteiger partial charge in [-0.3, -0.25) is 4.79 Å². The van der Waals surface area contributed by atoms with Crippen LogP contribution in [0.4, 0.5) is 4.39 Å². The van der Waals surface area contributed by atoms with Crippen molar-refractivity contribution in [2.45, 2.75) is 13.0 Å². The summed E-state index contributed by atoms with van der Waals surface area (Å²) in [5, 5.41) is 1.87. The van der Waals surface area contributed by atoms with Crippen LogP contribution in [0, 0.1) is 5.82 Å². The predicted molar refractivity (Wildman–Crippen MR) is 78.7 cm³/mol. The second-order valence-electron chi connectivity index (χ2n) is 4.42. The molecule has 3 nitrogen and oxygen atoms in total. The van der Waals surface area contributed by atoms with Crippen LogP contribution < -0.4 is 0 Å². The molecule has 0 fully saturated rings. The molecule has 1 aromatic heterocycles. The van der Waals surface area contributed by atoms with Crippen LogP contribution in [0.2, 0.25) is 0 Å². The molecule has 2 aromatic rings. The van der Waals surface area contributed by atoms with Gasteiger partial charge in [-0.15, -0.1) is 11.3 Å². The summed E-state index contributed by atoms with van der Waals surface area (Å²) in [6, 6.07) is 6.05. The number of amides is 1. The van der Waals surface area contributed by atoms with Gasteiger partial charge in [-0.05, 0) is 30.7 Å². The van der Waals surface area contributed by atoms with Crippen LogP contribution in [-0.4, -0.2) is 22.8 Å². The van der Waals surface area contributed by atoms with Gasteiger partial charge < -0.3 is 4.90 Å². The van der Waals surface area contributed by atoms with E-state index in [9.17, 15) is 9.18 Å². The first-order valence-corrected chi connectivity index (χ1v) is 7.10. The van der Waals surface area contributed by atoms with Gasteiger partial charge in [0.15, 0.2) is 0 Å². The summed E-state index contributed by atoms with van der Waals surface area (Å²) in [5.74, 6) is -0.395. The monoisotopic (exact) mass is 290 g/mol. The van der Waals surface area contributed by atoms with E-state index in [0.717, 1.165) is 11.3 Å². The predicted octanol–water partition coefficient (Wildman–Crippen LogP) is 3.52. The molecular weight excluding hydrogens is 275 g/mol. The maximum absolute atomic E-state index is 12.9. The molecule has 0 spiro atoms. The molecule has 1 heterocycles. The number of likely N-dealkylation sites (N-methyl/N-ethyl adjacent to an activating group) is 1. The maximum atomic E-state index is 12.9. The molecule has 0 N–H and O–H groups in total. The number of hydrogen-bond donors (Lipinski definition) is 0. The number of thiazole rings is 1. The molecule has 104 valence electrons. The van der Waals surface area contributed by atoms with E-state index < -0.39 is 0 Å². The number of aromatic nitrogens is 1. The van der Waals surface area contributed by atoms with Gasteiger partial charge in [0.25, 0.3) is 0 Å². The molecule has 0 saturated heterocycles. The van der Waals surface area contributed by atoms with Crippen molar-refractivity contribution in [1.29, 1.82) is 0 Å². The summed E-state index contributed by atoms with van der Waals surface area (Å²) in [6.07, 6.45) is 3.18. The van der Waals surface area contributed by atoms with Crippen molar-refractivity contribution in [2.24, 2.45) is 0 Å². The standard InChI is InChI=1S/C15H15FN2OS/c1-11(12-3-5-13(16)6-4-12)18(2)15(19)8-7-14-9-20-10-17-14/h3-11H,1-2H3. The maximum Gasteiger partial charge on any atom is 0.246 e. The van der Waals surface area contributed by atoms with E-state index in [-0.39, 0.29) is 17.8 Å². The Bertz CT molecular complexity index is 593. The van der Waals surface area contributed by atoms with E-state index in [1.165, 1.54) is 29.5 Å². The Morgan fingerprint density at radius 1 is 1.40 bits per heavy atom. The molecule has 0 radical (unpaired) electrons. The lowest BCUT2D eigenvalue weighted by Crippen LogP contribution is -2.27. The van der Waals surface area contributed by atoms with Crippen molar-refractivity contribution in [3.8, 4) is 0 Å².